The highest BCUT2D eigenvalue weighted by atomic mass is 79.9. The number of aliphatic imine (C=N–C) groups is 1. The van der Waals surface area contributed by atoms with Crippen molar-refractivity contribution in [2.45, 2.75) is 27.2 Å². The van der Waals surface area contributed by atoms with Gasteiger partial charge in [0.05, 0.1) is 18.1 Å². The summed E-state index contributed by atoms with van der Waals surface area (Å²) in [7, 11) is 0. The summed E-state index contributed by atoms with van der Waals surface area (Å²) in [5, 5.41) is 2.81. The van der Waals surface area contributed by atoms with Crippen molar-refractivity contribution in [2.75, 3.05) is 13.2 Å². The quantitative estimate of drug-likeness (QED) is 0.700. The third kappa shape index (κ3) is 5.34. The summed E-state index contributed by atoms with van der Waals surface area (Å²) >= 11 is 4.62. The summed E-state index contributed by atoms with van der Waals surface area (Å²) in [6, 6.07) is 3.64. The molecule has 1 aromatic carbocycles. The van der Waals surface area contributed by atoms with Crippen molar-refractivity contribution in [1.82, 2.24) is 5.32 Å². The Morgan fingerprint density at radius 2 is 2.04 bits per heavy atom. The fourth-order valence-corrected chi connectivity index (χ4v) is 3.30. The highest BCUT2D eigenvalue weighted by molar-refractivity contribution is 9.10. The molecule has 0 atom stereocenters. The van der Waals surface area contributed by atoms with E-state index in [9.17, 15) is 9.59 Å². The Bertz CT molecular complexity index is 746. The molecule has 0 aliphatic carbocycles. The first-order chi connectivity index (χ1) is 11.9. The third-order valence-electron chi connectivity index (χ3n) is 3.01. The van der Waals surface area contributed by atoms with Gasteiger partial charge < -0.3 is 14.8 Å². The molecule has 6 nitrogen and oxygen atoms in total. The van der Waals surface area contributed by atoms with E-state index in [-0.39, 0.29) is 17.0 Å². The van der Waals surface area contributed by atoms with Crippen molar-refractivity contribution in [1.29, 1.82) is 0 Å². The number of hydrogen-bond acceptors (Lipinski definition) is 5. The predicted molar refractivity (Wildman–Crippen MR) is 103 cm³/mol. The van der Waals surface area contributed by atoms with Gasteiger partial charge in [0, 0.05) is 11.4 Å². The molecular formula is C17H19BrN2O4S. The Hall–Kier alpha value is -1.80. The molecule has 8 heteroatoms. The van der Waals surface area contributed by atoms with Gasteiger partial charge in [-0.1, -0.05) is 22.9 Å². The largest absolute Gasteiger partial charge is 0.490 e. The molecular weight excluding hydrogens is 408 g/mol. The minimum Gasteiger partial charge on any atom is -0.490 e. The smallest absolute Gasteiger partial charge is 0.286 e. The molecule has 1 aromatic rings. The van der Waals surface area contributed by atoms with Crippen LogP contribution in [0.4, 0.5) is 0 Å². The minimum absolute atomic E-state index is 0.266. The van der Waals surface area contributed by atoms with Gasteiger partial charge in [-0.15, -0.1) is 0 Å². The molecule has 1 aliphatic heterocycles. The lowest BCUT2D eigenvalue weighted by molar-refractivity contribution is -0.117. The highest BCUT2D eigenvalue weighted by Gasteiger charge is 2.23. The van der Waals surface area contributed by atoms with E-state index in [1.165, 1.54) is 6.92 Å². The maximum Gasteiger partial charge on any atom is 0.286 e. The van der Waals surface area contributed by atoms with Crippen LogP contribution in [0.3, 0.4) is 0 Å². The Labute approximate surface area is 159 Å². The fraction of sp³-hybridized carbons (Fsp3) is 0.353. The number of thioether (sulfide) groups is 1. The molecule has 2 amide bonds. The fourth-order valence-electron chi connectivity index (χ4n) is 2.01. The van der Waals surface area contributed by atoms with E-state index in [1.54, 1.807) is 6.08 Å². The number of ether oxygens (including phenoxy) is 2. The van der Waals surface area contributed by atoms with Crippen LogP contribution >= 0.6 is 27.7 Å². The van der Waals surface area contributed by atoms with Gasteiger partial charge in [-0.2, -0.15) is 4.99 Å². The molecule has 1 N–H and O–H groups in total. The van der Waals surface area contributed by atoms with Crippen LogP contribution in [0.2, 0.25) is 0 Å². The monoisotopic (exact) mass is 426 g/mol. The van der Waals surface area contributed by atoms with Crippen LogP contribution in [-0.2, 0) is 9.59 Å². The van der Waals surface area contributed by atoms with E-state index >= 15 is 0 Å². The first-order valence-corrected chi connectivity index (χ1v) is 9.44. The topological polar surface area (TPSA) is 77.0 Å². The second-order valence-electron chi connectivity index (χ2n) is 5.12. The Balaban J connectivity index is 2.29. The second kappa shape index (κ2) is 9.05. The van der Waals surface area contributed by atoms with Gasteiger partial charge in [-0.05, 0) is 48.9 Å². The highest BCUT2D eigenvalue weighted by Crippen LogP contribution is 2.37. The Morgan fingerprint density at radius 3 is 2.68 bits per heavy atom. The minimum atomic E-state index is -0.384. The third-order valence-corrected chi connectivity index (χ3v) is 4.60. The van der Waals surface area contributed by atoms with E-state index in [0.717, 1.165) is 28.2 Å². The molecule has 0 saturated carbocycles. The molecule has 25 heavy (non-hydrogen) atoms. The first kappa shape index (κ1) is 19.5. The van der Waals surface area contributed by atoms with Crippen molar-refractivity contribution in [3.8, 4) is 11.5 Å². The van der Waals surface area contributed by atoms with Gasteiger partial charge in [0.2, 0.25) is 5.91 Å². The molecule has 0 saturated heterocycles. The number of halogens is 1. The zero-order chi connectivity index (χ0) is 18.4. The van der Waals surface area contributed by atoms with Crippen molar-refractivity contribution in [3.63, 3.8) is 0 Å². The molecule has 0 fully saturated rings. The standard InChI is InChI=1S/C17H19BrN2O4S/c1-4-6-24-14-9-12(18)11(7-13(14)23-5-2)8-15-16(22)20-17(25-15)19-10(3)21/h7-9H,4-6H2,1-3H3,(H,19,20,21,22). The van der Waals surface area contributed by atoms with Crippen LogP contribution in [0.1, 0.15) is 32.8 Å². The maximum atomic E-state index is 12.0. The van der Waals surface area contributed by atoms with E-state index in [4.69, 9.17) is 9.47 Å². The molecule has 1 aliphatic rings. The summed E-state index contributed by atoms with van der Waals surface area (Å²) in [4.78, 5) is 27.3. The SMILES string of the molecule is CCCOc1cc(Br)c(C=C2SC(NC(C)=O)=NC2=O)cc1OCC. The number of amidine groups is 1. The predicted octanol–water partition coefficient (Wildman–Crippen LogP) is 3.74. The molecule has 134 valence electrons. The average Bonchev–Trinajstić information content (AvgIpc) is 2.87. The van der Waals surface area contributed by atoms with Crippen molar-refractivity contribution < 1.29 is 19.1 Å². The number of benzene rings is 1. The van der Waals surface area contributed by atoms with Crippen molar-refractivity contribution >= 4 is 50.7 Å². The van der Waals surface area contributed by atoms with Gasteiger partial charge in [0.15, 0.2) is 16.7 Å². The lowest BCUT2D eigenvalue weighted by atomic mass is 10.2. The van der Waals surface area contributed by atoms with Crippen LogP contribution in [0.5, 0.6) is 11.5 Å². The molecule has 2 rings (SSSR count). The van der Waals surface area contributed by atoms with Gasteiger partial charge in [0.25, 0.3) is 5.91 Å². The van der Waals surface area contributed by atoms with Gasteiger partial charge in [0.1, 0.15) is 0 Å². The summed E-state index contributed by atoms with van der Waals surface area (Å²) in [5.41, 5.74) is 0.766. The van der Waals surface area contributed by atoms with E-state index in [2.05, 4.69) is 26.2 Å². The zero-order valence-electron chi connectivity index (χ0n) is 14.2. The number of rotatable bonds is 6. The molecule has 0 radical (unpaired) electrons. The van der Waals surface area contributed by atoms with E-state index in [0.29, 0.717) is 29.6 Å². The van der Waals surface area contributed by atoms with Crippen molar-refractivity contribution in [3.05, 3.63) is 27.1 Å². The molecule has 1 heterocycles. The van der Waals surface area contributed by atoms with Crippen LogP contribution < -0.4 is 14.8 Å². The molecule has 0 spiro atoms. The Kier molecular flexibility index (Phi) is 7.07. The lowest BCUT2D eigenvalue weighted by Crippen LogP contribution is -2.23. The maximum absolute atomic E-state index is 12.0. The number of hydrogen-bond donors (Lipinski definition) is 1. The van der Waals surface area contributed by atoms with Gasteiger partial charge in [-0.3, -0.25) is 9.59 Å². The van der Waals surface area contributed by atoms with E-state index < -0.39 is 0 Å². The number of nitrogens with one attached hydrogen (secondary N) is 1. The van der Waals surface area contributed by atoms with Gasteiger partial charge in [-0.25, -0.2) is 0 Å². The van der Waals surface area contributed by atoms with E-state index in [1.807, 2.05) is 26.0 Å². The molecule has 0 bridgehead atoms. The summed E-state index contributed by atoms with van der Waals surface area (Å²) in [6.45, 7) is 6.39. The van der Waals surface area contributed by atoms with Crippen molar-refractivity contribution in [2.24, 2.45) is 4.99 Å². The summed E-state index contributed by atoms with van der Waals surface area (Å²) in [5.74, 6) is 0.616. The summed E-state index contributed by atoms with van der Waals surface area (Å²) < 4.78 is 12.1. The van der Waals surface area contributed by atoms with Crippen LogP contribution in [0.25, 0.3) is 6.08 Å². The van der Waals surface area contributed by atoms with Crippen LogP contribution in [0.15, 0.2) is 26.5 Å². The van der Waals surface area contributed by atoms with Crippen LogP contribution in [-0.4, -0.2) is 30.2 Å². The number of carbonyl (C=O) groups is 2. The number of carbonyl (C=O) groups excluding carboxylic acids is 2. The molecule has 0 unspecified atom stereocenters. The molecule has 0 aromatic heterocycles. The van der Waals surface area contributed by atoms with Gasteiger partial charge >= 0.3 is 0 Å². The average molecular weight is 427 g/mol. The normalized spacial score (nSPS) is 15.3. The second-order valence-corrected chi connectivity index (χ2v) is 7.00. The summed E-state index contributed by atoms with van der Waals surface area (Å²) in [6.07, 6.45) is 2.60. The lowest BCUT2D eigenvalue weighted by Gasteiger charge is -2.13. The van der Waals surface area contributed by atoms with Crippen LogP contribution in [0, 0.1) is 0 Å². The Morgan fingerprint density at radius 1 is 1.32 bits per heavy atom. The zero-order valence-corrected chi connectivity index (χ0v) is 16.6. The number of nitrogens with zero attached hydrogens (tertiary/aromatic N) is 1. The first-order valence-electron chi connectivity index (χ1n) is 7.83. The number of amides is 2.